The molecule has 0 aromatic heterocycles. The quantitative estimate of drug-likeness (QED) is 0.345. The number of benzene rings is 2. The van der Waals surface area contributed by atoms with E-state index in [1.165, 1.54) is 5.56 Å². The zero-order chi connectivity index (χ0) is 25.1. The van der Waals surface area contributed by atoms with Gasteiger partial charge in [0.25, 0.3) is 11.7 Å². The summed E-state index contributed by atoms with van der Waals surface area (Å²) in [5, 5.41) is 11.3. The Kier molecular flexibility index (Phi) is 7.45. The summed E-state index contributed by atoms with van der Waals surface area (Å²) < 4.78 is 11.2. The summed E-state index contributed by atoms with van der Waals surface area (Å²) in [4.78, 5) is 30.3. The van der Waals surface area contributed by atoms with Gasteiger partial charge in [-0.1, -0.05) is 52.0 Å². The van der Waals surface area contributed by atoms with Crippen LogP contribution in [0.1, 0.15) is 56.3 Å². The summed E-state index contributed by atoms with van der Waals surface area (Å²) in [5.41, 5.74) is 2.48. The van der Waals surface area contributed by atoms with E-state index in [-0.39, 0.29) is 11.3 Å². The highest BCUT2D eigenvalue weighted by molar-refractivity contribution is 6.46. The molecule has 1 amide bonds. The maximum absolute atomic E-state index is 13.3. The third kappa shape index (κ3) is 4.91. The average Bonchev–Trinajstić information content (AvgIpc) is 3.13. The molecule has 0 radical (unpaired) electrons. The number of aliphatic hydroxyl groups excluding tert-OH is 1. The van der Waals surface area contributed by atoms with E-state index in [1.54, 1.807) is 23.1 Å². The van der Waals surface area contributed by atoms with Crippen LogP contribution < -0.4 is 9.47 Å². The smallest absolute Gasteiger partial charge is 0.295 e. The van der Waals surface area contributed by atoms with Crippen LogP contribution in [0.5, 0.6) is 11.5 Å². The fraction of sp³-hybridized carbons (Fsp3) is 0.429. The molecule has 0 unspecified atom stereocenters. The van der Waals surface area contributed by atoms with E-state index in [4.69, 9.17) is 9.47 Å². The maximum atomic E-state index is 13.3. The van der Waals surface area contributed by atoms with Gasteiger partial charge in [-0.25, -0.2) is 0 Å². The first-order valence-electron chi connectivity index (χ1n) is 12.4. The monoisotopic (exact) mass is 478 g/mol. The number of fused-ring (bicyclic) bond motifs is 1. The van der Waals surface area contributed by atoms with Gasteiger partial charge >= 0.3 is 0 Å². The van der Waals surface area contributed by atoms with Crippen molar-refractivity contribution in [3.05, 3.63) is 64.7 Å². The van der Waals surface area contributed by atoms with Crippen molar-refractivity contribution < 1.29 is 24.2 Å². The molecule has 0 spiro atoms. The van der Waals surface area contributed by atoms with Crippen LogP contribution in [-0.2, 0) is 9.59 Å². The van der Waals surface area contributed by atoms with E-state index in [0.717, 1.165) is 18.7 Å². The Hall–Kier alpha value is -3.32. The van der Waals surface area contributed by atoms with Crippen LogP contribution in [0.3, 0.4) is 0 Å². The van der Waals surface area contributed by atoms with Crippen molar-refractivity contribution in [1.82, 2.24) is 9.80 Å². The Labute approximate surface area is 206 Å². The number of Topliss-reactive ketones (excluding diaryl/α,β-unsaturated/α-hetero) is 1. The van der Waals surface area contributed by atoms with Gasteiger partial charge in [0.15, 0.2) is 11.5 Å². The highest BCUT2D eigenvalue weighted by atomic mass is 16.6. The number of likely N-dealkylation sites (N-methyl/N-ethyl adjacent to an activating group) is 1. The predicted molar refractivity (Wildman–Crippen MR) is 135 cm³/mol. The molecule has 0 aliphatic carbocycles. The molecule has 7 heteroatoms. The van der Waals surface area contributed by atoms with Gasteiger partial charge in [0.1, 0.15) is 19.0 Å². The number of amides is 1. The second-order valence-electron chi connectivity index (χ2n) is 9.20. The summed E-state index contributed by atoms with van der Waals surface area (Å²) >= 11 is 0. The second-order valence-corrected chi connectivity index (χ2v) is 9.20. The Morgan fingerprint density at radius 2 is 1.69 bits per heavy atom. The van der Waals surface area contributed by atoms with Gasteiger partial charge in [0.2, 0.25) is 0 Å². The van der Waals surface area contributed by atoms with Gasteiger partial charge < -0.3 is 24.4 Å². The molecule has 2 aromatic carbocycles. The molecule has 2 aromatic rings. The number of carbonyl (C=O) groups excluding carboxylic acids is 2. The zero-order valence-electron chi connectivity index (χ0n) is 20.9. The molecule has 1 N–H and O–H groups in total. The summed E-state index contributed by atoms with van der Waals surface area (Å²) in [5.74, 6) is -0.00866. The van der Waals surface area contributed by atoms with E-state index in [0.29, 0.717) is 49.3 Å². The van der Waals surface area contributed by atoms with Gasteiger partial charge in [-0.2, -0.15) is 0 Å². The van der Waals surface area contributed by atoms with E-state index < -0.39 is 17.7 Å². The van der Waals surface area contributed by atoms with Crippen molar-refractivity contribution in [1.29, 1.82) is 0 Å². The molecule has 1 atom stereocenters. The number of likely N-dealkylation sites (tertiary alicyclic amines) is 1. The topological polar surface area (TPSA) is 79.3 Å². The fourth-order valence-corrected chi connectivity index (χ4v) is 4.66. The largest absolute Gasteiger partial charge is 0.507 e. The first-order chi connectivity index (χ1) is 16.8. The summed E-state index contributed by atoms with van der Waals surface area (Å²) in [6, 6.07) is 12.3. The minimum Gasteiger partial charge on any atom is -0.507 e. The normalized spacial score (nSPS) is 19.1. The van der Waals surface area contributed by atoms with E-state index in [9.17, 15) is 14.7 Å². The number of ether oxygens (including phenoxy) is 2. The molecule has 186 valence electrons. The first kappa shape index (κ1) is 24.8. The molecule has 2 aliphatic rings. The lowest BCUT2D eigenvalue weighted by Gasteiger charge is -2.28. The predicted octanol–water partition coefficient (Wildman–Crippen LogP) is 4.34. The molecule has 35 heavy (non-hydrogen) atoms. The van der Waals surface area contributed by atoms with Gasteiger partial charge in [0.05, 0.1) is 11.6 Å². The van der Waals surface area contributed by atoms with Crippen molar-refractivity contribution in [3.63, 3.8) is 0 Å². The van der Waals surface area contributed by atoms with Crippen LogP contribution in [0.15, 0.2) is 48.0 Å². The third-order valence-electron chi connectivity index (χ3n) is 6.83. The van der Waals surface area contributed by atoms with Crippen molar-refractivity contribution in [2.75, 3.05) is 39.4 Å². The van der Waals surface area contributed by atoms with Crippen molar-refractivity contribution >= 4 is 17.4 Å². The Balaban J connectivity index is 1.78. The molecule has 0 bridgehead atoms. The zero-order valence-corrected chi connectivity index (χ0v) is 20.9. The minimum atomic E-state index is -0.671. The third-order valence-corrected chi connectivity index (χ3v) is 6.83. The highest BCUT2D eigenvalue weighted by Crippen LogP contribution is 2.41. The van der Waals surface area contributed by atoms with Gasteiger partial charge in [-0.05, 0) is 48.3 Å². The molecule has 0 saturated carbocycles. The number of nitrogens with zero attached hydrogens (tertiary/aromatic N) is 2. The van der Waals surface area contributed by atoms with Gasteiger partial charge in [0, 0.05) is 18.7 Å². The number of rotatable bonds is 8. The maximum Gasteiger partial charge on any atom is 0.295 e. The lowest BCUT2D eigenvalue weighted by molar-refractivity contribution is -0.140. The van der Waals surface area contributed by atoms with Crippen molar-refractivity contribution in [2.45, 2.75) is 39.7 Å². The molecule has 4 rings (SSSR count). The Morgan fingerprint density at radius 1 is 1.03 bits per heavy atom. The fourth-order valence-electron chi connectivity index (χ4n) is 4.66. The molecule has 1 saturated heterocycles. The number of ketones is 1. The van der Waals surface area contributed by atoms with Gasteiger partial charge in [-0.15, -0.1) is 0 Å². The molecule has 2 heterocycles. The van der Waals surface area contributed by atoms with Crippen molar-refractivity contribution in [2.24, 2.45) is 0 Å². The number of hydrogen-bond acceptors (Lipinski definition) is 6. The van der Waals surface area contributed by atoms with Crippen LogP contribution in [0.25, 0.3) is 5.76 Å². The number of aliphatic hydroxyl groups is 1. The van der Waals surface area contributed by atoms with Crippen LogP contribution >= 0.6 is 0 Å². The highest BCUT2D eigenvalue weighted by Gasteiger charge is 2.46. The molecule has 7 nitrogen and oxygen atoms in total. The summed E-state index contributed by atoms with van der Waals surface area (Å²) in [6.45, 7) is 12.0. The standard InChI is InChI=1S/C28H34N2O5/c1-5-29(6-2)13-14-30-25(20-9-7-19(8-10-20)18(3)4)24(27(32)28(30)33)26(31)21-11-12-22-23(17-21)35-16-15-34-22/h7-12,17-18,25,31H,5-6,13-16H2,1-4H3/b26-24+/t25-/m1/s1. The average molecular weight is 479 g/mol. The summed E-state index contributed by atoms with van der Waals surface area (Å²) in [7, 11) is 0. The SMILES string of the molecule is CCN(CC)CCN1C(=O)C(=O)/C(=C(/O)c2ccc3c(c2)OCCO3)[C@H]1c1ccc(C(C)C)cc1. The van der Waals surface area contributed by atoms with Gasteiger partial charge in [-0.3, -0.25) is 9.59 Å². The van der Waals surface area contributed by atoms with E-state index in [1.807, 2.05) is 24.3 Å². The number of hydrogen-bond donors (Lipinski definition) is 1. The van der Waals surface area contributed by atoms with Crippen LogP contribution in [0, 0.1) is 0 Å². The van der Waals surface area contributed by atoms with Crippen LogP contribution in [0.4, 0.5) is 0 Å². The minimum absolute atomic E-state index is 0.100. The summed E-state index contributed by atoms with van der Waals surface area (Å²) in [6.07, 6.45) is 0. The Bertz CT molecular complexity index is 1120. The number of carbonyl (C=O) groups is 2. The van der Waals surface area contributed by atoms with E-state index in [2.05, 4.69) is 32.6 Å². The molecular formula is C28H34N2O5. The van der Waals surface area contributed by atoms with Crippen LogP contribution in [-0.4, -0.2) is 66.0 Å². The van der Waals surface area contributed by atoms with Crippen LogP contribution in [0.2, 0.25) is 0 Å². The Morgan fingerprint density at radius 3 is 2.31 bits per heavy atom. The molecule has 1 fully saturated rings. The lowest BCUT2D eigenvalue weighted by atomic mass is 9.93. The van der Waals surface area contributed by atoms with Crippen molar-refractivity contribution in [3.8, 4) is 11.5 Å². The lowest BCUT2D eigenvalue weighted by Crippen LogP contribution is -2.38. The molecular weight excluding hydrogens is 444 g/mol. The molecule has 2 aliphatic heterocycles. The van der Waals surface area contributed by atoms with E-state index >= 15 is 0 Å². The second kappa shape index (κ2) is 10.5. The first-order valence-corrected chi connectivity index (χ1v) is 12.4.